The highest BCUT2D eigenvalue weighted by atomic mass is 32.2. The largest absolute Gasteiger partial charge is 0.573 e. The van der Waals surface area contributed by atoms with Gasteiger partial charge in [0.15, 0.2) is 5.82 Å². The van der Waals surface area contributed by atoms with Crippen LogP contribution in [0, 0.1) is 5.41 Å². The molecule has 2 heterocycles. The molecular formula is C35H43F3N6O2S. The third kappa shape index (κ3) is 9.42. The predicted molar refractivity (Wildman–Crippen MR) is 182 cm³/mol. The van der Waals surface area contributed by atoms with Crippen molar-refractivity contribution in [2.24, 2.45) is 5.41 Å². The Hall–Kier alpha value is -3.74. The second-order valence-corrected chi connectivity index (χ2v) is 13.9. The summed E-state index contributed by atoms with van der Waals surface area (Å²) in [7, 11) is 1.72. The molecule has 1 aliphatic heterocycles. The number of methoxy groups -OCH3 is 1. The summed E-state index contributed by atoms with van der Waals surface area (Å²) in [5, 5.41) is 11.9. The molecule has 1 fully saturated rings. The minimum absolute atomic E-state index is 0.0159. The van der Waals surface area contributed by atoms with Crippen molar-refractivity contribution in [1.82, 2.24) is 25.4 Å². The van der Waals surface area contributed by atoms with Crippen molar-refractivity contribution < 1.29 is 22.6 Å². The summed E-state index contributed by atoms with van der Waals surface area (Å²) < 4.78 is 48.4. The number of benzene rings is 3. The van der Waals surface area contributed by atoms with E-state index >= 15 is 0 Å². The van der Waals surface area contributed by atoms with Crippen LogP contribution in [-0.4, -0.2) is 59.2 Å². The lowest BCUT2D eigenvalue weighted by Gasteiger charge is -2.39. The molecule has 252 valence electrons. The maximum Gasteiger partial charge on any atom is 0.573 e. The molecule has 1 saturated heterocycles. The van der Waals surface area contributed by atoms with Crippen molar-refractivity contribution >= 4 is 17.4 Å². The Morgan fingerprint density at radius 2 is 1.72 bits per heavy atom. The van der Waals surface area contributed by atoms with Gasteiger partial charge in [0.05, 0.1) is 12.8 Å². The topological polar surface area (TPSA) is 76.5 Å². The monoisotopic (exact) mass is 668 g/mol. The number of hydrogen-bond acceptors (Lipinski definition) is 8. The van der Waals surface area contributed by atoms with E-state index in [-0.39, 0.29) is 16.7 Å². The lowest BCUT2D eigenvalue weighted by atomic mass is 9.85. The Bertz CT molecular complexity index is 1590. The van der Waals surface area contributed by atoms with Crippen molar-refractivity contribution in [3.8, 4) is 28.6 Å². The van der Waals surface area contributed by atoms with Gasteiger partial charge >= 0.3 is 6.36 Å². The molecule has 3 aromatic carbocycles. The first-order valence-electron chi connectivity index (χ1n) is 15.8. The fourth-order valence-corrected chi connectivity index (χ4v) is 6.83. The molecule has 1 aromatic heterocycles. The van der Waals surface area contributed by atoms with E-state index in [9.17, 15) is 13.2 Å². The second kappa shape index (κ2) is 15.0. The number of nitrogens with one attached hydrogen (secondary N) is 2. The Balaban J connectivity index is 1.13. The Kier molecular flexibility index (Phi) is 11.0. The third-order valence-electron chi connectivity index (χ3n) is 8.00. The summed E-state index contributed by atoms with van der Waals surface area (Å²) in [4.78, 5) is 6.87. The van der Waals surface area contributed by atoms with E-state index in [2.05, 4.69) is 82.3 Å². The maximum absolute atomic E-state index is 12.5. The van der Waals surface area contributed by atoms with E-state index in [0.717, 1.165) is 43.0 Å². The summed E-state index contributed by atoms with van der Waals surface area (Å²) in [5.74, 6) is 2.67. The number of alkyl halides is 3. The van der Waals surface area contributed by atoms with Gasteiger partial charge in [-0.05, 0) is 71.4 Å². The first-order chi connectivity index (χ1) is 22.4. The molecule has 4 aromatic rings. The number of rotatable bonds is 13. The molecule has 8 nitrogen and oxygen atoms in total. The third-order valence-corrected chi connectivity index (χ3v) is 9.26. The zero-order valence-electron chi connectivity index (χ0n) is 27.5. The highest BCUT2D eigenvalue weighted by Gasteiger charge is 2.31. The van der Waals surface area contributed by atoms with Crippen molar-refractivity contribution in [1.29, 1.82) is 0 Å². The number of halogens is 3. The van der Waals surface area contributed by atoms with Crippen LogP contribution in [0.15, 0.2) is 73.1 Å². The van der Waals surface area contributed by atoms with Crippen LogP contribution < -0.4 is 25.0 Å². The van der Waals surface area contributed by atoms with Gasteiger partial charge < -0.3 is 19.7 Å². The average Bonchev–Trinajstić information content (AvgIpc) is 3.53. The molecule has 5 rings (SSSR count). The van der Waals surface area contributed by atoms with Gasteiger partial charge in [-0.15, -0.1) is 30.0 Å². The zero-order valence-corrected chi connectivity index (χ0v) is 28.3. The molecule has 1 aliphatic rings. The quantitative estimate of drug-likeness (QED) is 0.112. The second-order valence-electron chi connectivity index (χ2n) is 12.7. The van der Waals surface area contributed by atoms with Gasteiger partial charge in [0.2, 0.25) is 0 Å². The van der Waals surface area contributed by atoms with Gasteiger partial charge in [0, 0.05) is 37.1 Å². The predicted octanol–water partition coefficient (Wildman–Crippen LogP) is 7.60. The van der Waals surface area contributed by atoms with Crippen LogP contribution in [0.2, 0.25) is 0 Å². The van der Waals surface area contributed by atoms with Gasteiger partial charge in [-0.1, -0.05) is 58.0 Å². The van der Waals surface area contributed by atoms with Crippen LogP contribution in [-0.2, 0) is 6.42 Å². The van der Waals surface area contributed by atoms with Gasteiger partial charge in [-0.3, -0.25) is 5.32 Å². The minimum atomic E-state index is -4.73. The van der Waals surface area contributed by atoms with E-state index in [0.29, 0.717) is 24.1 Å². The molecule has 12 heteroatoms. The Labute approximate surface area is 279 Å². The fourth-order valence-electron chi connectivity index (χ4n) is 5.71. The van der Waals surface area contributed by atoms with E-state index < -0.39 is 6.36 Å². The average molecular weight is 669 g/mol. The summed E-state index contributed by atoms with van der Waals surface area (Å²) in [6.45, 7) is 11.5. The van der Waals surface area contributed by atoms with Crippen LogP contribution in [0.4, 0.5) is 18.9 Å². The number of ether oxygens (including phenoxy) is 2. The number of hydrogen-bond donors (Lipinski definition) is 2. The molecule has 0 saturated carbocycles. The molecule has 0 bridgehead atoms. The first kappa shape index (κ1) is 34.6. The van der Waals surface area contributed by atoms with Gasteiger partial charge in [0.1, 0.15) is 23.3 Å². The SMILES string of the molecule is COc1ccc(C(C)C)c(N2CCCSC2NCNCC(C)(C)Cc2ccc(-c3ncn(-c4ccc(OC(F)(F)F)cc4)n3)cc2)c1. The van der Waals surface area contributed by atoms with E-state index in [1.54, 1.807) is 7.11 Å². The lowest BCUT2D eigenvalue weighted by Crippen LogP contribution is -2.50. The standard InChI is InChI=1S/C35H43F3N6O2S/c1-24(2)30-16-15-29(45-5)19-31(30)43-17-6-18-47-33(43)40-22-39-21-34(3,4)20-25-7-9-26(10-8-25)32-41-23-44(42-32)27-11-13-28(14-12-27)46-35(36,37)38/h7-16,19,23-24,33,39-40H,6,17-18,20-22H2,1-5H3. The molecule has 1 atom stereocenters. The summed E-state index contributed by atoms with van der Waals surface area (Å²) in [5.41, 5.74) is 5.41. The number of aromatic nitrogens is 3. The van der Waals surface area contributed by atoms with Crippen LogP contribution in [0.25, 0.3) is 17.1 Å². The summed E-state index contributed by atoms with van der Waals surface area (Å²) in [6, 6.07) is 20.1. The summed E-state index contributed by atoms with van der Waals surface area (Å²) >= 11 is 1.94. The molecule has 0 radical (unpaired) electrons. The number of anilines is 1. The van der Waals surface area contributed by atoms with Crippen molar-refractivity contribution in [2.75, 3.05) is 37.5 Å². The van der Waals surface area contributed by atoms with Crippen LogP contribution in [0.3, 0.4) is 0 Å². The van der Waals surface area contributed by atoms with Crippen LogP contribution in [0.5, 0.6) is 11.5 Å². The smallest absolute Gasteiger partial charge is 0.497 e. The number of nitrogens with zero attached hydrogens (tertiary/aromatic N) is 4. The normalized spacial score (nSPS) is 15.7. The molecule has 0 spiro atoms. The summed E-state index contributed by atoms with van der Waals surface area (Å²) in [6.07, 6.45) is -1.16. The number of thioether (sulfide) groups is 1. The molecule has 0 amide bonds. The van der Waals surface area contributed by atoms with Gasteiger partial charge in [0.25, 0.3) is 0 Å². The van der Waals surface area contributed by atoms with Crippen molar-refractivity contribution in [3.05, 3.63) is 84.2 Å². The fraction of sp³-hybridized carbons (Fsp3) is 0.429. The molecular weight excluding hydrogens is 625 g/mol. The van der Waals surface area contributed by atoms with E-state index in [4.69, 9.17) is 4.74 Å². The van der Waals surface area contributed by atoms with Crippen LogP contribution in [0.1, 0.15) is 51.2 Å². The highest BCUT2D eigenvalue weighted by Crippen LogP contribution is 2.36. The molecule has 47 heavy (non-hydrogen) atoms. The lowest BCUT2D eigenvalue weighted by molar-refractivity contribution is -0.274. The highest BCUT2D eigenvalue weighted by molar-refractivity contribution is 8.00. The zero-order chi connectivity index (χ0) is 33.6. The Morgan fingerprint density at radius 3 is 2.40 bits per heavy atom. The molecule has 2 N–H and O–H groups in total. The maximum atomic E-state index is 12.5. The molecule has 1 unspecified atom stereocenters. The Morgan fingerprint density at radius 1 is 1.00 bits per heavy atom. The van der Waals surface area contributed by atoms with E-state index in [1.165, 1.54) is 52.1 Å². The van der Waals surface area contributed by atoms with Gasteiger partial charge in [-0.25, -0.2) is 9.67 Å². The van der Waals surface area contributed by atoms with Crippen molar-refractivity contribution in [3.63, 3.8) is 0 Å². The first-order valence-corrected chi connectivity index (χ1v) is 16.8. The molecule has 0 aliphatic carbocycles. The minimum Gasteiger partial charge on any atom is -0.497 e. The van der Waals surface area contributed by atoms with Gasteiger partial charge in [-0.2, -0.15) is 0 Å². The van der Waals surface area contributed by atoms with E-state index in [1.807, 2.05) is 30.0 Å². The van der Waals surface area contributed by atoms with Crippen LogP contribution >= 0.6 is 11.8 Å². The van der Waals surface area contributed by atoms with Crippen molar-refractivity contribution in [2.45, 2.75) is 58.3 Å².